The highest BCUT2D eigenvalue weighted by Gasteiger charge is 2.17. The number of rotatable bonds is 5. The minimum absolute atomic E-state index is 0.0698. The summed E-state index contributed by atoms with van der Waals surface area (Å²) in [5.74, 6) is 1.09. The summed E-state index contributed by atoms with van der Waals surface area (Å²) in [6.07, 6.45) is 1.44. The fraction of sp³-hybridized carbons (Fsp3) is 0.273. The molecule has 0 N–H and O–H groups in total. The van der Waals surface area contributed by atoms with Crippen molar-refractivity contribution in [1.29, 1.82) is 0 Å². The minimum atomic E-state index is -0.132. The molecular weight excluding hydrogens is 374 g/mol. The molecule has 0 saturated carbocycles. The molecule has 4 rings (SSSR count). The molecule has 29 heavy (non-hydrogen) atoms. The van der Waals surface area contributed by atoms with E-state index in [1.165, 1.54) is 6.26 Å². The van der Waals surface area contributed by atoms with Crippen molar-refractivity contribution in [3.05, 3.63) is 59.0 Å². The second-order valence-corrected chi connectivity index (χ2v) is 6.65. The van der Waals surface area contributed by atoms with Gasteiger partial charge in [-0.25, -0.2) is 0 Å². The third-order valence-corrected chi connectivity index (χ3v) is 4.87. The van der Waals surface area contributed by atoms with Crippen LogP contribution in [0, 0.1) is 0 Å². The maximum Gasteiger partial charge on any atom is 0.260 e. The van der Waals surface area contributed by atoms with Crippen molar-refractivity contribution in [2.45, 2.75) is 0 Å². The SMILES string of the molecule is COc1ccc(-c2coc3cc(OCC(=O)N4CCOCC4)ccc3c2=O)cc1. The van der Waals surface area contributed by atoms with Crippen LogP contribution in [0.3, 0.4) is 0 Å². The lowest BCUT2D eigenvalue weighted by molar-refractivity contribution is -0.137. The maximum atomic E-state index is 12.9. The first-order valence-corrected chi connectivity index (χ1v) is 9.34. The van der Waals surface area contributed by atoms with Gasteiger partial charge in [-0.05, 0) is 29.8 Å². The van der Waals surface area contributed by atoms with Crippen molar-refractivity contribution < 1.29 is 23.4 Å². The number of carbonyl (C=O) groups is 1. The van der Waals surface area contributed by atoms with E-state index < -0.39 is 0 Å². The van der Waals surface area contributed by atoms with Crippen molar-refractivity contribution in [3.63, 3.8) is 0 Å². The van der Waals surface area contributed by atoms with Crippen molar-refractivity contribution in [2.24, 2.45) is 0 Å². The topological polar surface area (TPSA) is 78.2 Å². The van der Waals surface area contributed by atoms with Crippen molar-refractivity contribution in [2.75, 3.05) is 40.0 Å². The maximum absolute atomic E-state index is 12.9. The van der Waals surface area contributed by atoms with Crippen LogP contribution in [0.1, 0.15) is 0 Å². The number of hydrogen-bond acceptors (Lipinski definition) is 6. The quantitative estimate of drug-likeness (QED) is 0.661. The monoisotopic (exact) mass is 395 g/mol. The molecule has 0 aliphatic carbocycles. The van der Waals surface area contributed by atoms with Gasteiger partial charge in [-0.15, -0.1) is 0 Å². The smallest absolute Gasteiger partial charge is 0.260 e. The molecule has 0 atom stereocenters. The summed E-state index contributed by atoms with van der Waals surface area (Å²) in [7, 11) is 1.59. The molecule has 0 bridgehead atoms. The number of morpholine rings is 1. The average Bonchev–Trinajstić information content (AvgIpc) is 2.78. The van der Waals surface area contributed by atoms with E-state index in [1.54, 1.807) is 42.3 Å². The summed E-state index contributed by atoms with van der Waals surface area (Å²) in [5.41, 5.74) is 1.49. The number of ether oxygens (including phenoxy) is 3. The lowest BCUT2D eigenvalue weighted by Gasteiger charge is -2.26. The number of amides is 1. The molecule has 0 spiro atoms. The van der Waals surface area contributed by atoms with Gasteiger partial charge in [0.05, 0.1) is 31.3 Å². The summed E-state index contributed by atoms with van der Waals surface area (Å²) >= 11 is 0. The second-order valence-electron chi connectivity index (χ2n) is 6.65. The molecule has 1 amide bonds. The lowest BCUT2D eigenvalue weighted by Crippen LogP contribution is -2.42. The van der Waals surface area contributed by atoms with Gasteiger partial charge in [-0.2, -0.15) is 0 Å². The predicted molar refractivity (Wildman–Crippen MR) is 107 cm³/mol. The number of methoxy groups -OCH3 is 1. The van der Waals surface area contributed by atoms with Crippen LogP contribution in [0.15, 0.2) is 57.9 Å². The molecule has 7 nitrogen and oxygen atoms in total. The number of hydrogen-bond donors (Lipinski definition) is 0. The first-order valence-electron chi connectivity index (χ1n) is 9.34. The molecule has 1 fully saturated rings. The van der Waals surface area contributed by atoms with Crippen LogP contribution in [-0.2, 0) is 9.53 Å². The van der Waals surface area contributed by atoms with Gasteiger partial charge in [0, 0.05) is 19.2 Å². The fourth-order valence-electron chi connectivity index (χ4n) is 3.22. The molecule has 0 radical (unpaired) electrons. The van der Waals surface area contributed by atoms with Crippen LogP contribution in [0.4, 0.5) is 0 Å². The Morgan fingerprint density at radius 3 is 2.52 bits per heavy atom. The Bertz CT molecular complexity index is 1070. The Morgan fingerprint density at radius 2 is 1.79 bits per heavy atom. The van der Waals surface area contributed by atoms with Gasteiger partial charge in [0.2, 0.25) is 0 Å². The van der Waals surface area contributed by atoms with Crippen molar-refractivity contribution in [3.8, 4) is 22.6 Å². The van der Waals surface area contributed by atoms with E-state index in [0.717, 1.165) is 5.56 Å². The van der Waals surface area contributed by atoms with Gasteiger partial charge >= 0.3 is 0 Å². The van der Waals surface area contributed by atoms with E-state index in [1.807, 2.05) is 12.1 Å². The number of nitrogens with zero attached hydrogens (tertiary/aromatic N) is 1. The summed E-state index contributed by atoms with van der Waals surface area (Å²) in [5, 5.41) is 0.449. The van der Waals surface area contributed by atoms with Gasteiger partial charge < -0.3 is 23.5 Å². The third kappa shape index (κ3) is 4.09. The van der Waals surface area contributed by atoms with E-state index in [9.17, 15) is 9.59 Å². The van der Waals surface area contributed by atoms with Crippen LogP contribution < -0.4 is 14.9 Å². The Hall–Kier alpha value is -3.32. The minimum Gasteiger partial charge on any atom is -0.497 e. The van der Waals surface area contributed by atoms with E-state index in [0.29, 0.717) is 54.3 Å². The van der Waals surface area contributed by atoms with Gasteiger partial charge in [0.15, 0.2) is 12.0 Å². The predicted octanol–water partition coefficient (Wildman–Crippen LogP) is 2.71. The Labute approximate surface area is 167 Å². The molecule has 1 aliphatic heterocycles. The standard InChI is InChI=1S/C22H21NO6/c1-26-16-4-2-15(3-5-16)19-13-29-20-12-17(6-7-18(20)22(19)25)28-14-21(24)23-8-10-27-11-9-23/h2-7,12-13H,8-11,14H2,1H3. The first kappa shape index (κ1) is 19.0. The van der Waals surface area contributed by atoms with E-state index >= 15 is 0 Å². The molecular formula is C22H21NO6. The normalized spacial score (nSPS) is 14.0. The molecule has 1 saturated heterocycles. The zero-order chi connectivity index (χ0) is 20.2. The second kappa shape index (κ2) is 8.36. The summed E-state index contributed by atoms with van der Waals surface area (Å²) < 4.78 is 21.7. The molecule has 2 heterocycles. The number of fused-ring (bicyclic) bond motifs is 1. The zero-order valence-corrected chi connectivity index (χ0v) is 16.1. The van der Waals surface area contributed by atoms with Crippen LogP contribution in [-0.4, -0.2) is 50.8 Å². The molecule has 1 aromatic heterocycles. The molecule has 3 aromatic rings. The first-order chi connectivity index (χ1) is 14.2. The molecule has 0 unspecified atom stereocenters. The van der Waals surface area contributed by atoms with Gasteiger partial charge in [0.1, 0.15) is 23.3 Å². The van der Waals surface area contributed by atoms with Crippen molar-refractivity contribution in [1.82, 2.24) is 4.90 Å². The largest absolute Gasteiger partial charge is 0.497 e. The highest BCUT2D eigenvalue weighted by Crippen LogP contribution is 2.24. The van der Waals surface area contributed by atoms with Gasteiger partial charge in [-0.3, -0.25) is 9.59 Å². The summed E-state index contributed by atoms with van der Waals surface area (Å²) in [6, 6.07) is 12.2. The average molecular weight is 395 g/mol. The third-order valence-electron chi connectivity index (χ3n) is 4.87. The summed E-state index contributed by atoms with van der Waals surface area (Å²) in [6.45, 7) is 2.17. The molecule has 150 valence electrons. The summed E-state index contributed by atoms with van der Waals surface area (Å²) in [4.78, 5) is 26.8. The zero-order valence-electron chi connectivity index (χ0n) is 16.1. The van der Waals surface area contributed by atoms with Crippen LogP contribution in [0.25, 0.3) is 22.1 Å². The van der Waals surface area contributed by atoms with Gasteiger partial charge in [-0.1, -0.05) is 12.1 Å². The molecule has 2 aromatic carbocycles. The Morgan fingerprint density at radius 1 is 1.07 bits per heavy atom. The van der Waals surface area contributed by atoms with Crippen LogP contribution >= 0.6 is 0 Å². The molecule has 7 heteroatoms. The lowest BCUT2D eigenvalue weighted by atomic mass is 10.1. The fourth-order valence-corrected chi connectivity index (χ4v) is 3.22. The highest BCUT2D eigenvalue weighted by molar-refractivity contribution is 5.83. The van der Waals surface area contributed by atoms with Crippen LogP contribution in [0.2, 0.25) is 0 Å². The van der Waals surface area contributed by atoms with E-state index in [-0.39, 0.29) is 17.9 Å². The van der Waals surface area contributed by atoms with Crippen molar-refractivity contribution >= 4 is 16.9 Å². The Kier molecular flexibility index (Phi) is 5.48. The van der Waals surface area contributed by atoms with Crippen LogP contribution in [0.5, 0.6) is 11.5 Å². The van der Waals surface area contributed by atoms with E-state index in [4.69, 9.17) is 18.6 Å². The number of carbonyl (C=O) groups excluding carboxylic acids is 1. The highest BCUT2D eigenvalue weighted by atomic mass is 16.5. The Balaban J connectivity index is 1.52. The number of benzene rings is 2. The van der Waals surface area contributed by atoms with E-state index in [2.05, 4.69) is 0 Å². The molecule has 1 aliphatic rings. The van der Waals surface area contributed by atoms with Gasteiger partial charge in [0.25, 0.3) is 5.91 Å².